The van der Waals surface area contributed by atoms with E-state index in [0.29, 0.717) is 11.4 Å². The first-order valence-corrected chi connectivity index (χ1v) is 9.17. The maximum atomic E-state index is 12.8. The molecule has 7 nitrogen and oxygen atoms in total. The molecule has 0 aliphatic rings. The number of ketones is 1. The standard InChI is InChI=1S/C21H15F3N6O/c22-21(23,24)20-7-14(3-6-26-20)19-11-30(13-29-19)10-17(31)8-16-2-1-15(9-27-16)18-4-5-25-12-28-18/h1-7,9,11-13H,8,10H2. The highest BCUT2D eigenvalue weighted by Crippen LogP contribution is 2.30. The van der Waals surface area contributed by atoms with Gasteiger partial charge in [-0.05, 0) is 30.3 Å². The van der Waals surface area contributed by atoms with E-state index in [9.17, 15) is 18.0 Å². The lowest BCUT2D eigenvalue weighted by Gasteiger charge is -2.06. The fourth-order valence-corrected chi connectivity index (χ4v) is 2.94. The van der Waals surface area contributed by atoms with Crippen molar-refractivity contribution in [3.05, 3.63) is 79.2 Å². The normalized spacial score (nSPS) is 11.5. The molecule has 10 heteroatoms. The van der Waals surface area contributed by atoms with Gasteiger partial charge in [-0.2, -0.15) is 13.2 Å². The van der Waals surface area contributed by atoms with Crippen molar-refractivity contribution in [3.63, 3.8) is 0 Å². The summed E-state index contributed by atoms with van der Waals surface area (Å²) in [6.07, 6.45) is 4.32. The molecule has 4 heterocycles. The quantitative estimate of drug-likeness (QED) is 0.470. The fraction of sp³-hybridized carbons (Fsp3) is 0.143. The lowest BCUT2D eigenvalue weighted by Crippen LogP contribution is -2.12. The third-order valence-corrected chi connectivity index (χ3v) is 4.42. The molecule has 0 aromatic carbocycles. The van der Waals surface area contributed by atoms with Crippen molar-refractivity contribution in [2.45, 2.75) is 19.1 Å². The molecule has 0 fully saturated rings. The summed E-state index contributed by atoms with van der Waals surface area (Å²) in [5, 5.41) is 0. The fourth-order valence-electron chi connectivity index (χ4n) is 2.94. The van der Waals surface area contributed by atoms with E-state index in [0.717, 1.165) is 23.5 Å². The number of carbonyl (C=O) groups is 1. The number of nitrogens with zero attached hydrogens (tertiary/aromatic N) is 6. The van der Waals surface area contributed by atoms with Gasteiger partial charge in [-0.3, -0.25) is 14.8 Å². The van der Waals surface area contributed by atoms with Crippen molar-refractivity contribution >= 4 is 5.78 Å². The van der Waals surface area contributed by atoms with Crippen molar-refractivity contribution in [1.29, 1.82) is 0 Å². The number of carbonyl (C=O) groups excluding carboxylic acids is 1. The Morgan fingerprint density at radius 1 is 0.935 bits per heavy atom. The Morgan fingerprint density at radius 2 is 1.81 bits per heavy atom. The lowest BCUT2D eigenvalue weighted by molar-refractivity contribution is -0.141. The Kier molecular flexibility index (Phi) is 5.52. The Balaban J connectivity index is 1.40. The maximum Gasteiger partial charge on any atom is 0.433 e. The van der Waals surface area contributed by atoms with Crippen LogP contribution in [0.2, 0.25) is 0 Å². The van der Waals surface area contributed by atoms with Gasteiger partial charge in [0.1, 0.15) is 12.0 Å². The van der Waals surface area contributed by atoms with Gasteiger partial charge >= 0.3 is 6.18 Å². The topological polar surface area (TPSA) is 86.5 Å². The Bertz CT molecular complexity index is 1190. The van der Waals surface area contributed by atoms with E-state index in [1.54, 1.807) is 24.5 Å². The van der Waals surface area contributed by atoms with E-state index in [1.807, 2.05) is 6.07 Å². The molecular weight excluding hydrogens is 409 g/mol. The second-order valence-electron chi connectivity index (χ2n) is 6.71. The lowest BCUT2D eigenvalue weighted by atomic mass is 10.1. The van der Waals surface area contributed by atoms with Crippen LogP contribution in [-0.4, -0.2) is 35.3 Å². The highest BCUT2D eigenvalue weighted by molar-refractivity contribution is 5.80. The number of hydrogen-bond acceptors (Lipinski definition) is 6. The average Bonchev–Trinajstić information content (AvgIpc) is 3.23. The SMILES string of the molecule is O=C(Cc1ccc(-c2ccncn2)cn1)Cn1cnc(-c2ccnc(C(F)(F)F)c2)c1. The van der Waals surface area contributed by atoms with Gasteiger partial charge in [0.05, 0.1) is 30.7 Å². The van der Waals surface area contributed by atoms with Crippen LogP contribution < -0.4 is 0 Å². The molecular formula is C21H15F3N6O. The molecule has 0 spiro atoms. The van der Waals surface area contributed by atoms with Crippen LogP contribution in [0.15, 0.2) is 67.8 Å². The zero-order chi connectivity index (χ0) is 21.8. The minimum absolute atomic E-state index is 0.0273. The van der Waals surface area contributed by atoms with Gasteiger partial charge in [-0.25, -0.2) is 15.0 Å². The van der Waals surface area contributed by atoms with Gasteiger partial charge < -0.3 is 4.57 Å². The molecule has 0 N–H and O–H groups in total. The predicted octanol–water partition coefficient (Wildman–Crippen LogP) is 3.63. The van der Waals surface area contributed by atoms with Crippen molar-refractivity contribution in [1.82, 2.24) is 29.5 Å². The number of Topliss-reactive ketones (excluding diaryl/α,β-unsaturated/α-hetero) is 1. The monoisotopic (exact) mass is 424 g/mol. The van der Waals surface area contributed by atoms with Gasteiger partial charge in [-0.15, -0.1) is 0 Å². The largest absolute Gasteiger partial charge is 0.433 e. The Labute approximate surface area is 174 Å². The molecule has 156 valence electrons. The van der Waals surface area contributed by atoms with Crippen LogP contribution in [0.25, 0.3) is 22.5 Å². The van der Waals surface area contributed by atoms with E-state index in [2.05, 4.69) is 24.9 Å². The van der Waals surface area contributed by atoms with Crippen molar-refractivity contribution in [2.24, 2.45) is 0 Å². The maximum absolute atomic E-state index is 12.8. The first-order chi connectivity index (χ1) is 14.9. The average molecular weight is 424 g/mol. The van der Waals surface area contributed by atoms with E-state index in [4.69, 9.17) is 0 Å². The zero-order valence-electron chi connectivity index (χ0n) is 16.0. The van der Waals surface area contributed by atoms with E-state index >= 15 is 0 Å². The van der Waals surface area contributed by atoms with Crippen molar-refractivity contribution in [2.75, 3.05) is 0 Å². The summed E-state index contributed by atoms with van der Waals surface area (Å²) in [4.78, 5) is 32.2. The molecule has 0 aliphatic carbocycles. The summed E-state index contributed by atoms with van der Waals surface area (Å²) in [6.45, 7) is 0.0273. The number of rotatable bonds is 6. The molecule has 31 heavy (non-hydrogen) atoms. The number of pyridine rings is 2. The van der Waals surface area contributed by atoms with Crippen LogP contribution in [0.5, 0.6) is 0 Å². The number of aromatic nitrogens is 6. The van der Waals surface area contributed by atoms with Crippen LogP contribution in [0.1, 0.15) is 11.4 Å². The number of halogens is 3. The van der Waals surface area contributed by atoms with Crippen LogP contribution >= 0.6 is 0 Å². The molecule has 0 bridgehead atoms. The zero-order valence-corrected chi connectivity index (χ0v) is 16.0. The number of hydrogen-bond donors (Lipinski definition) is 0. The highest BCUT2D eigenvalue weighted by Gasteiger charge is 2.32. The van der Waals surface area contributed by atoms with Gasteiger partial charge in [0, 0.05) is 41.6 Å². The van der Waals surface area contributed by atoms with Crippen molar-refractivity contribution < 1.29 is 18.0 Å². The number of imidazole rings is 1. The molecule has 0 atom stereocenters. The Hall–Kier alpha value is -3.95. The molecule has 0 aliphatic heterocycles. The molecule has 0 saturated heterocycles. The van der Waals surface area contributed by atoms with Crippen LogP contribution in [-0.2, 0) is 23.9 Å². The van der Waals surface area contributed by atoms with E-state index < -0.39 is 11.9 Å². The van der Waals surface area contributed by atoms with E-state index in [-0.39, 0.29) is 24.3 Å². The smallest absolute Gasteiger partial charge is 0.329 e. The second-order valence-corrected chi connectivity index (χ2v) is 6.71. The van der Waals surface area contributed by atoms with Crippen molar-refractivity contribution in [3.8, 4) is 22.5 Å². The molecule has 4 aromatic rings. The Morgan fingerprint density at radius 3 is 2.52 bits per heavy atom. The third kappa shape index (κ3) is 4.97. The summed E-state index contributed by atoms with van der Waals surface area (Å²) >= 11 is 0. The van der Waals surface area contributed by atoms with Crippen LogP contribution in [0, 0.1) is 0 Å². The summed E-state index contributed by atoms with van der Waals surface area (Å²) < 4.78 is 40.1. The molecule has 0 radical (unpaired) electrons. The van der Waals surface area contributed by atoms with E-state index in [1.165, 1.54) is 29.5 Å². The summed E-state index contributed by atoms with van der Waals surface area (Å²) in [5.74, 6) is -0.114. The number of alkyl halides is 3. The minimum Gasteiger partial charge on any atom is -0.329 e. The second kappa shape index (κ2) is 8.42. The first kappa shape index (κ1) is 20.3. The van der Waals surface area contributed by atoms with Gasteiger partial charge in [0.15, 0.2) is 5.78 Å². The van der Waals surface area contributed by atoms with Crippen LogP contribution in [0.3, 0.4) is 0 Å². The summed E-state index contributed by atoms with van der Waals surface area (Å²) in [7, 11) is 0. The summed E-state index contributed by atoms with van der Waals surface area (Å²) in [6, 6.07) is 7.71. The first-order valence-electron chi connectivity index (χ1n) is 9.17. The molecule has 0 amide bonds. The predicted molar refractivity (Wildman–Crippen MR) is 104 cm³/mol. The highest BCUT2D eigenvalue weighted by atomic mass is 19.4. The molecule has 4 rings (SSSR count). The molecule has 0 unspecified atom stereocenters. The van der Waals surface area contributed by atoms with Gasteiger partial charge in [-0.1, -0.05) is 0 Å². The third-order valence-electron chi connectivity index (χ3n) is 4.42. The summed E-state index contributed by atoms with van der Waals surface area (Å²) in [5.41, 5.74) is 1.76. The van der Waals surface area contributed by atoms with Gasteiger partial charge in [0.2, 0.25) is 0 Å². The molecule has 0 saturated carbocycles. The molecule has 4 aromatic heterocycles. The van der Waals surface area contributed by atoms with Crippen LogP contribution in [0.4, 0.5) is 13.2 Å². The van der Waals surface area contributed by atoms with Gasteiger partial charge in [0.25, 0.3) is 0 Å². The minimum atomic E-state index is -4.54.